The highest BCUT2D eigenvalue weighted by Gasteiger charge is 1.94. The molecule has 0 aromatic heterocycles. The van der Waals surface area contributed by atoms with E-state index in [0.717, 1.165) is 28.4 Å². The second-order valence-corrected chi connectivity index (χ2v) is 4.93. The highest BCUT2D eigenvalue weighted by atomic mass is 15.1. The van der Waals surface area contributed by atoms with Gasteiger partial charge in [0.2, 0.25) is 0 Å². The van der Waals surface area contributed by atoms with E-state index in [1.165, 1.54) is 0 Å². The molecule has 3 rings (SSSR count). The van der Waals surface area contributed by atoms with Crippen molar-refractivity contribution in [3.05, 3.63) is 78.9 Å². The van der Waals surface area contributed by atoms with E-state index in [1.54, 1.807) is 0 Å². The van der Waals surface area contributed by atoms with Crippen molar-refractivity contribution in [1.82, 2.24) is 0 Å². The van der Waals surface area contributed by atoms with Crippen LogP contribution in [-0.4, -0.2) is 6.72 Å². The molecule has 0 aliphatic carbocycles. The predicted octanol–water partition coefficient (Wildman–Crippen LogP) is 6.85. The van der Waals surface area contributed by atoms with Gasteiger partial charge in [0.05, 0.1) is 28.4 Å². The van der Waals surface area contributed by atoms with Gasteiger partial charge in [0.1, 0.15) is 0 Å². The second-order valence-electron chi connectivity index (χ2n) is 4.93. The predicted molar refractivity (Wildman–Crippen MR) is 96.9 cm³/mol. The summed E-state index contributed by atoms with van der Waals surface area (Å²) in [6.07, 6.45) is 0. The third-order valence-electron chi connectivity index (χ3n) is 3.20. The number of azo groups is 2. The standard InChI is InChI=1S/C19H15N5/c1-20-15-7-9-17(10-8-15)23-24-19-13-11-18(12-14-19)22-21-16-5-3-2-4-6-16/h2-14H,1H2. The molecular weight excluding hydrogens is 298 g/mol. The molecule has 5 nitrogen and oxygen atoms in total. The van der Waals surface area contributed by atoms with Crippen LogP contribution in [0.15, 0.2) is 104 Å². The largest absolute Gasteiger partial charge is 0.265 e. The minimum atomic E-state index is 0.750. The van der Waals surface area contributed by atoms with E-state index in [1.807, 2.05) is 78.9 Å². The molecule has 0 atom stereocenters. The van der Waals surface area contributed by atoms with E-state index in [4.69, 9.17) is 0 Å². The lowest BCUT2D eigenvalue weighted by molar-refractivity contribution is 1.21. The number of benzene rings is 3. The number of nitrogens with zero attached hydrogens (tertiary/aromatic N) is 5. The molecule has 0 aliphatic rings. The van der Waals surface area contributed by atoms with Gasteiger partial charge in [-0.25, -0.2) is 0 Å². The molecule has 0 radical (unpaired) electrons. The zero-order chi connectivity index (χ0) is 16.6. The van der Waals surface area contributed by atoms with E-state index in [0.29, 0.717) is 0 Å². The molecule has 24 heavy (non-hydrogen) atoms. The minimum Gasteiger partial charge on any atom is -0.265 e. The van der Waals surface area contributed by atoms with Crippen molar-refractivity contribution in [3.8, 4) is 0 Å². The van der Waals surface area contributed by atoms with Gasteiger partial charge in [-0.1, -0.05) is 18.2 Å². The fraction of sp³-hybridized carbons (Fsp3) is 0. The van der Waals surface area contributed by atoms with Crippen LogP contribution in [-0.2, 0) is 0 Å². The normalized spacial score (nSPS) is 11.2. The molecule has 5 heteroatoms. The first kappa shape index (κ1) is 15.4. The number of hydrogen-bond donors (Lipinski definition) is 0. The van der Waals surface area contributed by atoms with Crippen molar-refractivity contribution in [3.63, 3.8) is 0 Å². The fourth-order valence-electron chi connectivity index (χ4n) is 1.94. The fourth-order valence-corrected chi connectivity index (χ4v) is 1.94. The lowest BCUT2D eigenvalue weighted by Crippen LogP contribution is -1.67. The first-order valence-electron chi connectivity index (χ1n) is 7.39. The summed E-state index contributed by atoms with van der Waals surface area (Å²) in [4.78, 5) is 3.84. The molecular formula is C19H15N5. The molecule has 0 fully saturated rings. The summed E-state index contributed by atoms with van der Waals surface area (Å²) in [5, 5.41) is 16.7. The Hall–Kier alpha value is -3.47. The van der Waals surface area contributed by atoms with Crippen LogP contribution >= 0.6 is 0 Å². The van der Waals surface area contributed by atoms with Crippen LogP contribution < -0.4 is 0 Å². The Labute approximate surface area is 140 Å². The van der Waals surface area contributed by atoms with Crippen molar-refractivity contribution in [2.24, 2.45) is 25.4 Å². The summed E-state index contributed by atoms with van der Waals surface area (Å²) in [6.45, 7) is 3.48. The van der Waals surface area contributed by atoms with E-state index < -0.39 is 0 Å². The summed E-state index contributed by atoms with van der Waals surface area (Å²) in [7, 11) is 0. The molecule has 0 spiro atoms. The van der Waals surface area contributed by atoms with Crippen molar-refractivity contribution < 1.29 is 0 Å². The van der Waals surface area contributed by atoms with Gasteiger partial charge < -0.3 is 0 Å². The highest BCUT2D eigenvalue weighted by molar-refractivity contribution is 5.52. The van der Waals surface area contributed by atoms with Crippen molar-refractivity contribution >= 4 is 35.2 Å². The van der Waals surface area contributed by atoms with Crippen molar-refractivity contribution in [1.29, 1.82) is 0 Å². The summed E-state index contributed by atoms with van der Waals surface area (Å²) in [5.41, 5.74) is 3.90. The average molecular weight is 313 g/mol. The average Bonchev–Trinajstić information content (AvgIpc) is 2.67. The maximum absolute atomic E-state index is 4.20. The molecule has 0 aliphatic heterocycles. The maximum Gasteiger partial charge on any atom is 0.0858 e. The smallest absolute Gasteiger partial charge is 0.0858 e. The number of hydrogen-bond acceptors (Lipinski definition) is 5. The van der Waals surface area contributed by atoms with Crippen LogP contribution in [0, 0.1) is 0 Å². The summed E-state index contributed by atoms with van der Waals surface area (Å²) in [6, 6.07) is 24.4. The van der Waals surface area contributed by atoms with Crippen molar-refractivity contribution in [2.45, 2.75) is 0 Å². The molecule has 0 unspecified atom stereocenters. The van der Waals surface area contributed by atoms with Crippen LogP contribution in [0.5, 0.6) is 0 Å². The van der Waals surface area contributed by atoms with Crippen LogP contribution in [0.4, 0.5) is 28.4 Å². The third kappa shape index (κ3) is 4.27. The topological polar surface area (TPSA) is 61.8 Å². The lowest BCUT2D eigenvalue weighted by Gasteiger charge is -1.96. The first-order valence-corrected chi connectivity index (χ1v) is 7.39. The Morgan fingerprint density at radius 2 is 0.750 bits per heavy atom. The van der Waals surface area contributed by atoms with Crippen LogP contribution in [0.3, 0.4) is 0 Å². The molecule has 3 aromatic rings. The molecule has 0 amide bonds. The van der Waals surface area contributed by atoms with Crippen molar-refractivity contribution in [2.75, 3.05) is 0 Å². The SMILES string of the molecule is C=Nc1ccc(N=Nc2ccc(N=Nc3ccccc3)cc2)cc1. The van der Waals surface area contributed by atoms with E-state index in [-0.39, 0.29) is 0 Å². The summed E-state index contributed by atoms with van der Waals surface area (Å²) in [5.74, 6) is 0. The summed E-state index contributed by atoms with van der Waals surface area (Å²) >= 11 is 0. The van der Waals surface area contributed by atoms with Gasteiger partial charge in [0.15, 0.2) is 0 Å². The van der Waals surface area contributed by atoms with Gasteiger partial charge in [-0.05, 0) is 67.4 Å². The van der Waals surface area contributed by atoms with Gasteiger partial charge >= 0.3 is 0 Å². The van der Waals surface area contributed by atoms with Gasteiger partial charge in [-0.3, -0.25) is 4.99 Å². The molecule has 0 N–H and O–H groups in total. The molecule has 116 valence electrons. The Morgan fingerprint density at radius 1 is 0.417 bits per heavy atom. The van der Waals surface area contributed by atoms with E-state index in [2.05, 4.69) is 32.2 Å². The molecule has 0 saturated carbocycles. The Balaban J connectivity index is 1.66. The maximum atomic E-state index is 4.20. The summed E-state index contributed by atoms with van der Waals surface area (Å²) < 4.78 is 0. The van der Waals surface area contributed by atoms with Crippen LogP contribution in [0.1, 0.15) is 0 Å². The van der Waals surface area contributed by atoms with Crippen LogP contribution in [0.2, 0.25) is 0 Å². The quantitative estimate of drug-likeness (QED) is 0.365. The van der Waals surface area contributed by atoms with E-state index >= 15 is 0 Å². The number of aliphatic imine (C=N–C) groups is 1. The van der Waals surface area contributed by atoms with E-state index in [9.17, 15) is 0 Å². The Kier molecular flexibility index (Phi) is 4.94. The molecule has 0 bridgehead atoms. The van der Waals surface area contributed by atoms with Gasteiger partial charge in [-0.2, -0.15) is 20.5 Å². The first-order chi connectivity index (χ1) is 11.8. The number of rotatable bonds is 5. The molecule has 0 saturated heterocycles. The van der Waals surface area contributed by atoms with Gasteiger partial charge in [-0.15, -0.1) is 0 Å². The highest BCUT2D eigenvalue weighted by Crippen LogP contribution is 2.24. The Bertz CT molecular complexity index is 851. The minimum absolute atomic E-state index is 0.750. The Morgan fingerprint density at radius 3 is 1.12 bits per heavy atom. The van der Waals surface area contributed by atoms with Crippen LogP contribution in [0.25, 0.3) is 0 Å². The zero-order valence-electron chi connectivity index (χ0n) is 12.9. The monoisotopic (exact) mass is 313 g/mol. The van der Waals surface area contributed by atoms with Gasteiger partial charge in [0.25, 0.3) is 0 Å². The third-order valence-corrected chi connectivity index (χ3v) is 3.20. The molecule has 0 heterocycles. The second kappa shape index (κ2) is 7.69. The lowest BCUT2D eigenvalue weighted by atomic mass is 10.3. The molecule has 3 aromatic carbocycles. The van der Waals surface area contributed by atoms with Gasteiger partial charge in [0, 0.05) is 0 Å². The zero-order valence-corrected chi connectivity index (χ0v) is 12.9.